The number of benzene rings is 1. The normalized spacial score (nSPS) is 9.77. The quantitative estimate of drug-likeness (QED) is 0.626. The Hall–Kier alpha value is -1.59. The van der Waals surface area contributed by atoms with Gasteiger partial charge in [-0.3, -0.25) is 0 Å². The van der Waals surface area contributed by atoms with Crippen LogP contribution in [-0.2, 0) is 6.42 Å². The lowest BCUT2D eigenvalue weighted by Crippen LogP contribution is -2.21. The van der Waals surface area contributed by atoms with Gasteiger partial charge in [-0.05, 0) is 44.9 Å². The van der Waals surface area contributed by atoms with Crippen LogP contribution in [0.1, 0.15) is 25.0 Å². The van der Waals surface area contributed by atoms with Crippen molar-refractivity contribution >= 4 is 33.6 Å². The Balaban J connectivity index is 0.00000220. The number of fused-ring (bicyclic) bond motifs is 1. The van der Waals surface area contributed by atoms with Crippen LogP contribution in [0.25, 0.3) is 11.0 Å². The van der Waals surface area contributed by atoms with E-state index in [1.54, 1.807) is 6.08 Å². The van der Waals surface area contributed by atoms with Crippen LogP contribution in [0.5, 0.6) is 0 Å². The third kappa shape index (κ3) is 3.78. The first-order valence-corrected chi connectivity index (χ1v) is 7.04. The maximum absolute atomic E-state index is 12.0. The number of halogens is 1. The summed E-state index contributed by atoms with van der Waals surface area (Å²) in [7, 11) is 0. The number of aryl methyl sites for hydroxylation is 1. The van der Waals surface area contributed by atoms with Crippen molar-refractivity contribution in [3.8, 4) is 0 Å². The van der Waals surface area contributed by atoms with Gasteiger partial charge >= 0.3 is 5.63 Å². The minimum Gasteiger partial charge on any atom is -0.422 e. The molecule has 0 amide bonds. The highest BCUT2D eigenvalue weighted by Crippen LogP contribution is 2.25. The van der Waals surface area contributed by atoms with Gasteiger partial charge in [-0.1, -0.05) is 6.08 Å². The molecule has 0 atom stereocenters. The molecule has 0 fully saturated rings. The van der Waals surface area contributed by atoms with Gasteiger partial charge in [0.2, 0.25) is 0 Å². The predicted molar refractivity (Wildman–Crippen MR) is 100 cm³/mol. The van der Waals surface area contributed by atoms with E-state index in [2.05, 4.69) is 31.4 Å². The first-order valence-electron chi connectivity index (χ1n) is 7.04. The van der Waals surface area contributed by atoms with Crippen LogP contribution in [0, 0.1) is 6.92 Å². The van der Waals surface area contributed by atoms with Crippen molar-refractivity contribution in [2.75, 3.05) is 18.0 Å². The van der Waals surface area contributed by atoms with Gasteiger partial charge in [0.05, 0.1) is 0 Å². The molecule has 1 aromatic heterocycles. The molecule has 122 valence electrons. The molecule has 0 aliphatic rings. The zero-order valence-electron chi connectivity index (χ0n) is 13.5. The Morgan fingerprint density at radius 1 is 1.27 bits per heavy atom. The van der Waals surface area contributed by atoms with Crippen molar-refractivity contribution in [1.82, 2.24) is 6.15 Å². The summed E-state index contributed by atoms with van der Waals surface area (Å²) in [6, 6.07) is 6.07. The minimum absolute atomic E-state index is 0. The lowest BCUT2D eigenvalue weighted by Gasteiger charge is -2.21. The average molecular weight is 369 g/mol. The van der Waals surface area contributed by atoms with E-state index in [1.165, 1.54) is 0 Å². The summed E-state index contributed by atoms with van der Waals surface area (Å²) in [6.45, 7) is 11.7. The maximum Gasteiger partial charge on any atom is 0.340 e. The fraction of sp³-hybridized carbons (Fsp3) is 0.353. The molecule has 0 bridgehead atoms. The van der Waals surface area contributed by atoms with E-state index in [1.807, 2.05) is 19.1 Å². The van der Waals surface area contributed by atoms with Crippen LogP contribution in [0.15, 0.2) is 40.1 Å². The molecule has 1 aromatic carbocycles. The molecule has 3 N–H and O–H groups in total. The van der Waals surface area contributed by atoms with Gasteiger partial charge in [0.25, 0.3) is 0 Å². The highest BCUT2D eigenvalue weighted by atomic mass is 79.9. The van der Waals surface area contributed by atoms with Crippen LogP contribution in [-0.4, -0.2) is 13.1 Å². The van der Waals surface area contributed by atoms with E-state index in [9.17, 15) is 4.79 Å². The zero-order valence-corrected chi connectivity index (χ0v) is 15.2. The zero-order chi connectivity index (χ0) is 14.7. The number of allylic oxidation sites excluding steroid dienone is 1. The van der Waals surface area contributed by atoms with Gasteiger partial charge in [0.1, 0.15) is 5.58 Å². The van der Waals surface area contributed by atoms with Crippen LogP contribution >= 0.6 is 17.0 Å². The van der Waals surface area contributed by atoms with Crippen LogP contribution in [0.4, 0.5) is 5.69 Å². The average Bonchev–Trinajstić information content (AvgIpc) is 2.44. The van der Waals surface area contributed by atoms with E-state index < -0.39 is 0 Å². The molecule has 0 saturated carbocycles. The van der Waals surface area contributed by atoms with Crippen LogP contribution < -0.4 is 16.7 Å². The summed E-state index contributed by atoms with van der Waals surface area (Å²) in [5, 5.41) is 0.998. The Bertz CT molecular complexity index is 691. The van der Waals surface area contributed by atoms with Gasteiger partial charge in [-0.15, -0.1) is 23.6 Å². The summed E-state index contributed by atoms with van der Waals surface area (Å²) in [4.78, 5) is 14.3. The molecule has 0 radical (unpaired) electrons. The van der Waals surface area contributed by atoms with E-state index in [0.717, 1.165) is 29.7 Å². The van der Waals surface area contributed by atoms with E-state index in [4.69, 9.17) is 4.42 Å². The molecule has 1 heterocycles. The molecule has 2 rings (SSSR count). The molecule has 4 nitrogen and oxygen atoms in total. The van der Waals surface area contributed by atoms with E-state index in [0.29, 0.717) is 17.6 Å². The molecule has 2 aromatic rings. The lowest BCUT2D eigenvalue weighted by molar-refractivity contribution is 0.551. The lowest BCUT2D eigenvalue weighted by atomic mass is 10.0. The van der Waals surface area contributed by atoms with Gasteiger partial charge in [0.15, 0.2) is 0 Å². The summed E-state index contributed by atoms with van der Waals surface area (Å²) >= 11 is 0. The van der Waals surface area contributed by atoms with Gasteiger partial charge < -0.3 is 15.5 Å². The fourth-order valence-corrected chi connectivity index (χ4v) is 2.55. The molecule has 0 aliphatic heterocycles. The van der Waals surface area contributed by atoms with Crippen molar-refractivity contribution in [1.29, 1.82) is 0 Å². The van der Waals surface area contributed by atoms with Crippen molar-refractivity contribution in [2.24, 2.45) is 0 Å². The second kappa shape index (κ2) is 8.76. The Morgan fingerprint density at radius 2 is 1.91 bits per heavy atom. The second-order valence-corrected chi connectivity index (χ2v) is 4.84. The molecule has 22 heavy (non-hydrogen) atoms. The molecular weight excluding hydrogens is 344 g/mol. The maximum atomic E-state index is 12.0. The summed E-state index contributed by atoms with van der Waals surface area (Å²) < 4.78 is 5.48. The SMILES string of the molecule is Br.C=CCc1c(C)c2ccc(N(CC)CC)cc2oc1=O.N. The van der Waals surface area contributed by atoms with Crippen molar-refractivity contribution in [3.05, 3.63) is 52.4 Å². The van der Waals surface area contributed by atoms with Crippen LogP contribution in [0.2, 0.25) is 0 Å². The molecule has 0 saturated heterocycles. The molecule has 0 unspecified atom stereocenters. The Kier molecular flexibility index (Phi) is 8.12. The third-order valence-corrected chi connectivity index (χ3v) is 3.75. The number of nitrogens with zero attached hydrogens (tertiary/aromatic N) is 1. The fourth-order valence-electron chi connectivity index (χ4n) is 2.55. The number of hydrogen-bond donors (Lipinski definition) is 1. The first kappa shape index (κ1) is 20.4. The summed E-state index contributed by atoms with van der Waals surface area (Å²) in [6.07, 6.45) is 2.28. The molecule has 0 spiro atoms. The third-order valence-electron chi connectivity index (χ3n) is 3.75. The number of hydrogen-bond acceptors (Lipinski definition) is 4. The molecule has 0 aliphatic carbocycles. The number of anilines is 1. The first-order chi connectivity index (χ1) is 9.62. The predicted octanol–water partition coefficient (Wildman–Crippen LogP) is 4.42. The summed E-state index contributed by atoms with van der Waals surface area (Å²) in [5.41, 5.74) is 3.17. The van der Waals surface area contributed by atoms with Crippen molar-refractivity contribution in [2.45, 2.75) is 27.2 Å². The summed E-state index contributed by atoms with van der Waals surface area (Å²) in [5.74, 6) is 0. The van der Waals surface area contributed by atoms with Crippen molar-refractivity contribution in [3.63, 3.8) is 0 Å². The Labute approximate surface area is 142 Å². The topological polar surface area (TPSA) is 68.5 Å². The van der Waals surface area contributed by atoms with Crippen molar-refractivity contribution < 1.29 is 4.42 Å². The highest BCUT2D eigenvalue weighted by Gasteiger charge is 2.11. The molecule has 5 heteroatoms. The van der Waals surface area contributed by atoms with Gasteiger partial charge in [-0.25, -0.2) is 4.79 Å². The largest absolute Gasteiger partial charge is 0.422 e. The van der Waals surface area contributed by atoms with E-state index >= 15 is 0 Å². The van der Waals surface area contributed by atoms with Gasteiger partial charge in [-0.2, -0.15) is 0 Å². The smallest absolute Gasteiger partial charge is 0.340 e. The molecular formula is C17H25BrN2O2. The highest BCUT2D eigenvalue weighted by molar-refractivity contribution is 8.93. The minimum atomic E-state index is -0.258. The van der Waals surface area contributed by atoms with Gasteiger partial charge in [0, 0.05) is 35.8 Å². The number of rotatable bonds is 5. The standard InChI is InChI=1S/C17H21NO2.BrH.H3N/c1-5-8-15-12(4)14-10-9-13(18(6-2)7-3)11-16(14)20-17(15)19;;/h5,9-11H,1,6-8H2,2-4H3;1H;1H3. The Morgan fingerprint density at radius 3 is 2.45 bits per heavy atom. The van der Waals surface area contributed by atoms with E-state index in [-0.39, 0.29) is 28.8 Å². The van der Waals surface area contributed by atoms with Crippen LogP contribution in [0.3, 0.4) is 0 Å². The monoisotopic (exact) mass is 368 g/mol. The second-order valence-electron chi connectivity index (χ2n) is 4.84.